The zero-order valence-corrected chi connectivity index (χ0v) is 27.7. The summed E-state index contributed by atoms with van der Waals surface area (Å²) in [6, 6.07) is 31.1. The Morgan fingerprint density at radius 3 is 2.10 bits per heavy atom. The molecule has 0 fully saturated rings. The number of fused-ring (bicyclic) bond motifs is 1. The maximum atomic E-state index is 12.7. The second kappa shape index (κ2) is 13.5. The van der Waals surface area contributed by atoms with Gasteiger partial charge >= 0.3 is 5.91 Å². The third-order valence-electron chi connectivity index (χ3n) is 8.41. The number of aryl methyl sites for hydroxylation is 3. The minimum absolute atomic E-state index is 0.149. The molecule has 3 aromatic carbocycles. The van der Waals surface area contributed by atoms with E-state index in [0.29, 0.717) is 18.1 Å². The summed E-state index contributed by atoms with van der Waals surface area (Å²) < 4.78 is 32.7. The quantitative estimate of drug-likeness (QED) is 0.113. The molecule has 0 radical (unpaired) electrons. The molecule has 6 aromatic rings. The highest BCUT2D eigenvalue weighted by atomic mass is 16.7. The van der Waals surface area contributed by atoms with Crippen LogP contribution in [0.25, 0.3) is 11.4 Å². The number of furan rings is 1. The van der Waals surface area contributed by atoms with Crippen molar-refractivity contribution in [1.29, 1.82) is 0 Å². The molecule has 1 N–H and O–H groups in total. The lowest BCUT2D eigenvalue weighted by Crippen LogP contribution is -2.16. The molecular formula is C39H36N4O6. The maximum absolute atomic E-state index is 12.7. The predicted molar refractivity (Wildman–Crippen MR) is 185 cm³/mol. The SMILES string of the molecule is Cc1ccc(C)n1-c1ccc(OCc2ccc(C(=O)N/N=C/c3cc(C)n(-c4ccc(OCc5ccc6c(c5)OCO6)cc4)c3C)o2)cc1. The molecule has 49 heavy (non-hydrogen) atoms. The molecule has 0 saturated heterocycles. The van der Waals surface area contributed by atoms with E-state index < -0.39 is 5.91 Å². The second-order valence-electron chi connectivity index (χ2n) is 11.8. The fourth-order valence-electron chi connectivity index (χ4n) is 5.92. The van der Waals surface area contributed by atoms with Crippen LogP contribution >= 0.6 is 0 Å². The molecule has 0 atom stereocenters. The average molecular weight is 657 g/mol. The normalized spacial score (nSPS) is 12.1. The van der Waals surface area contributed by atoms with Crippen molar-refractivity contribution in [2.45, 2.75) is 40.9 Å². The Kier molecular flexibility index (Phi) is 8.68. The average Bonchev–Trinajstić information content (AvgIpc) is 3.91. The summed E-state index contributed by atoms with van der Waals surface area (Å²) in [5.41, 5.74) is 10.8. The second-order valence-corrected chi connectivity index (χ2v) is 11.8. The largest absolute Gasteiger partial charge is 0.489 e. The molecule has 0 bridgehead atoms. The van der Waals surface area contributed by atoms with Crippen molar-refractivity contribution < 1.29 is 28.2 Å². The standard InChI is InChI=1S/C39H36N4O6/c1-25-5-6-26(2)42(25)31-8-12-34(13-9-31)46-23-35-16-18-37(49-35)39(44)41-40-21-30-19-27(3)43(28(30)4)32-10-14-33(15-11-32)45-22-29-7-17-36-38(20-29)48-24-47-36/h5-21H,22-24H2,1-4H3,(H,41,44)/b40-21+. The van der Waals surface area contributed by atoms with Crippen molar-refractivity contribution in [2.24, 2.45) is 5.10 Å². The van der Waals surface area contributed by atoms with Crippen molar-refractivity contribution in [3.63, 3.8) is 0 Å². The lowest BCUT2D eigenvalue weighted by Gasteiger charge is -2.12. The van der Waals surface area contributed by atoms with Gasteiger partial charge in [0.2, 0.25) is 6.79 Å². The Hall–Kier alpha value is -6.16. The maximum Gasteiger partial charge on any atom is 0.307 e. The molecule has 10 nitrogen and oxygen atoms in total. The van der Waals surface area contributed by atoms with Gasteiger partial charge in [0.15, 0.2) is 17.3 Å². The first-order chi connectivity index (χ1) is 23.8. The minimum Gasteiger partial charge on any atom is -0.489 e. The molecule has 0 aliphatic carbocycles. The van der Waals surface area contributed by atoms with E-state index in [4.69, 9.17) is 23.4 Å². The number of benzene rings is 3. The molecule has 1 aliphatic heterocycles. The van der Waals surface area contributed by atoms with Crippen LogP contribution in [0.4, 0.5) is 0 Å². The predicted octanol–water partition coefficient (Wildman–Crippen LogP) is 7.75. The number of nitrogens with one attached hydrogen (secondary N) is 1. The Morgan fingerprint density at radius 1 is 0.735 bits per heavy atom. The van der Waals surface area contributed by atoms with Gasteiger partial charge in [-0.2, -0.15) is 5.10 Å². The first kappa shape index (κ1) is 31.4. The van der Waals surface area contributed by atoms with Crippen LogP contribution < -0.4 is 24.4 Å². The van der Waals surface area contributed by atoms with Crippen molar-refractivity contribution in [3.8, 4) is 34.4 Å². The number of carbonyl (C=O) groups is 1. The van der Waals surface area contributed by atoms with E-state index in [1.807, 2.05) is 86.6 Å². The summed E-state index contributed by atoms with van der Waals surface area (Å²) in [5.74, 6) is 3.18. The fourth-order valence-corrected chi connectivity index (χ4v) is 5.92. The van der Waals surface area contributed by atoms with Crippen LogP contribution in [0.2, 0.25) is 0 Å². The Labute approximate surface area is 284 Å². The number of aromatic nitrogens is 2. The smallest absolute Gasteiger partial charge is 0.307 e. The van der Waals surface area contributed by atoms with Gasteiger partial charge < -0.3 is 32.5 Å². The first-order valence-electron chi connectivity index (χ1n) is 15.9. The molecule has 0 spiro atoms. The van der Waals surface area contributed by atoms with Crippen LogP contribution in [0.15, 0.2) is 107 Å². The Balaban J connectivity index is 0.917. The highest BCUT2D eigenvalue weighted by Gasteiger charge is 2.15. The molecule has 1 amide bonds. The fraction of sp³-hybridized carbons (Fsp3) is 0.179. The van der Waals surface area contributed by atoms with Gasteiger partial charge in [0, 0.05) is 39.7 Å². The number of carbonyl (C=O) groups excluding carboxylic acids is 1. The van der Waals surface area contributed by atoms with Crippen LogP contribution in [0.3, 0.4) is 0 Å². The van der Waals surface area contributed by atoms with Gasteiger partial charge in [-0.15, -0.1) is 0 Å². The first-order valence-corrected chi connectivity index (χ1v) is 15.9. The van der Waals surface area contributed by atoms with Gasteiger partial charge in [0.05, 0.1) is 6.21 Å². The highest BCUT2D eigenvalue weighted by Crippen LogP contribution is 2.33. The summed E-state index contributed by atoms with van der Waals surface area (Å²) in [6.45, 7) is 9.05. The molecule has 248 valence electrons. The lowest BCUT2D eigenvalue weighted by atomic mass is 10.2. The number of nitrogens with zero attached hydrogens (tertiary/aromatic N) is 3. The number of amides is 1. The van der Waals surface area contributed by atoms with Gasteiger partial charge in [-0.05, 0) is 124 Å². The van der Waals surface area contributed by atoms with Crippen molar-refractivity contribution in [3.05, 3.63) is 142 Å². The van der Waals surface area contributed by atoms with Gasteiger partial charge in [-0.3, -0.25) is 4.79 Å². The zero-order valence-electron chi connectivity index (χ0n) is 27.7. The Bertz CT molecular complexity index is 2120. The number of rotatable bonds is 11. The number of hydrazone groups is 1. The minimum atomic E-state index is -0.450. The van der Waals surface area contributed by atoms with E-state index in [2.05, 4.69) is 45.6 Å². The van der Waals surface area contributed by atoms with E-state index in [-0.39, 0.29) is 19.2 Å². The summed E-state index contributed by atoms with van der Waals surface area (Å²) in [5, 5.41) is 4.19. The van der Waals surface area contributed by atoms with Gasteiger partial charge in [0.1, 0.15) is 30.5 Å². The third kappa shape index (κ3) is 6.80. The summed E-state index contributed by atoms with van der Waals surface area (Å²) in [6.07, 6.45) is 1.63. The lowest BCUT2D eigenvalue weighted by molar-refractivity contribution is 0.0923. The van der Waals surface area contributed by atoms with Crippen molar-refractivity contribution >= 4 is 12.1 Å². The van der Waals surface area contributed by atoms with Crippen molar-refractivity contribution in [1.82, 2.24) is 14.6 Å². The van der Waals surface area contributed by atoms with Gasteiger partial charge in [-0.1, -0.05) is 6.07 Å². The van der Waals surface area contributed by atoms with Gasteiger partial charge in [0.25, 0.3) is 0 Å². The molecule has 7 rings (SSSR count). The number of hydrogen-bond acceptors (Lipinski definition) is 7. The molecule has 0 saturated carbocycles. The summed E-state index contributed by atoms with van der Waals surface area (Å²) >= 11 is 0. The van der Waals surface area contributed by atoms with Crippen LogP contribution in [0.1, 0.15) is 50.2 Å². The van der Waals surface area contributed by atoms with E-state index in [9.17, 15) is 4.79 Å². The molecule has 4 heterocycles. The van der Waals surface area contributed by atoms with Gasteiger partial charge in [-0.25, -0.2) is 5.43 Å². The van der Waals surface area contributed by atoms with Crippen LogP contribution in [-0.2, 0) is 13.2 Å². The molecular weight excluding hydrogens is 620 g/mol. The zero-order chi connectivity index (χ0) is 33.9. The number of hydrogen-bond donors (Lipinski definition) is 1. The van der Waals surface area contributed by atoms with Crippen molar-refractivity contribution in [2.75, 3.05) is 6.79 Å². The molecule has 10 heteroatoms. The number of ether oxygens (including phenoxy) is 4. The van der Waals surface area contributed by atoms with E-state index in [1.165, 1.54) is 11.4 Å². The summed E-state index contributed by atoms with van der Waals surface area (Å²) in [4.78, 5) is 12.7. The van der Waals surface area contributed by atoms with E-state index >= 15 is 0 Å². The van der Waals surface area contributed by atoms with E-state index in [1.54, 1.807) is 18.3 Å². The van der Waals surface area contributed by atoms with E-state index in [0.717, 1.165) is 51.1 Å². The highest BCUT2D eigenvalue weighted by molar-refractivity contribution is 5.92. The molecule has 1 aliphatic rings. The molecule has 0 unspecified atom stereocenters. The topological polar surface area (TPSA) is 101 Å². The van der Waals surface area contributed by atoms with Crippen LogP contribution in [0, 0.1) is 27.7 Å². The summed E-state index contributed by atoms with van der Waals surface area (Å²) in [7, 11) is 0. The molecule has 3 aromatic heterocycles. The Morgan fingerprint density at radius 2 is 1.39 bits per heavy atom. The third-order valence-corrected chi connectivity index (χ3v) is 8.41. The van der Waals surface area contributed by atoms with Crippen LogP contribution in [0.5, 0.6) is 23.0 Å². The monoisotopic (exact) mass is 656 g/mol. The van der Waals surface area contributed by atoms with Crippen LogP contribution in [-0.4, -0.2) is 28.0 Å².